The minimum Gasteiger partial charge on any atom is -0.360 e. The lowest BCUT2D eigenvalue weighted by Crippen LogP contribution is -2.52. The summed E-state index contributed by atoms with van der Waals surface area (Å²) in [6.07, 6.45) is 0. The number of nitrogens with zero attached hydrogens (tertiary/aromatic N) is 2. The van der Waals surface area contributed by atoms with E-state index in [4.69, 9.17) is 35.4 Å². The van der Waals surface area contributed by atoms with E-state index in [1.165, 1.54) is 0 Å². The van der Waals surface area contributed by atoms with Crippen LogP contribution in [0.1, 0.15) is 19.4 Å². The fraction of sp³-hybridized carbons (Fsp3) is 0.533. The quantitative estimate of drug-likeness (QED) is 0.846. The van der Waals surface area contributed by atoms with Gasteiger partial charge in [0, 0.05) is 54.4 Å². The summed E-state index contributed by atoms with van der Waals surface area (Å²) < 4.78 is 0. The SMILES string of the molecule is CC(C)NC(=S)N1CCN(Cc2c(Cl)cccc2Cl)CC1. The third kappa shape index (κ3) is 4.71. The highest BCUT2D eigenvalue weighted by molar-refractivity contribution is 7.80. The summed E-state index contributed by atoms with van der Waals surface area (Å²) in [4.78, 5) is 4.58. The third-order valence-corrected chi connectivity index (χ3v) is 4.60. The molecule has 0 bridgehead atoms. The number of thiocarbonyl (C=S) groups is 1. The normalized spacial score (nSPS) is 16.3. The molecule has 0 spiro atoms. The number of hydrogen-bond donors (Lipinski definition) is 1. The highest BCUT2D eigenvalue weighted by atomic mass is 35.5. The molecule has 1 N–H and O–H groups in total. The fourth-order valence-corrected chi connectivity index (χ4v) is 3.29. The zero-order valence-corrected chi connectivity index (χ0v) is 14.7. The highest BCUT2D eigenvalue weighted by Crippen LogP contribution is 2.26. The van der Waals surface area contributed by atoms with Crippen LogP contribution in [0, 0.1) is 0 Å². The summed E-state index contributed by atoms with van der Waals surface area (Å²) in [5.41, 5.74) is 1.01. The summed E-state index contributed by atoms with van der Waals surface area (Å²) in [7, 11) is 0. The maximum Gasteiger partial charge on any atom is 0.169 e. The number of piperazine rings is 1. The van der Waals surface area contributed by atoms with Crippen molar-refractivity contribution in [3.05, 3.63) is 33.8 Å². The summed E-state index contributed by atoms with van der Waals surface area (Å²) in [6.45, 7) is 8.77. The van der Waals surface area contributed by atoms with Crippen molar-refractivity contribution in [2.45, 2.75) is 26.4 Å². The molecule has 0 saturated carbocycles. The topological polar surface area (TPSA) is 18.5 Å². The zero-order chi connectivity index (χ0) is 15.4. The second kappa shape index (κ2) is 7.63. The van der Waals surface area contributed by atoms with Crippen LogP contribution in [0.3, 0.4) is 0 Å². The van der Waals surface area contributed by atoms with Gasteiger partial charge in [-0.05, 0) is 38.2 Å². The smallest absolute Gasteiger partial charge is 0.169 e. The van der Waals surface area contributed by atoms with Gasteiger partial charge in [0.15, 0.2) is 5.11 Å². The molecule has 6 heteroatoms. The van der Waals surface area contributed by atoms with Crippen LogP contribution in [0.25, 0.3) is 0 Å². The number of halogens is 2. The summed E-state index contributed by atoms with van der Waals surface area (Å²) in [5, 5.41) is 5.62. The number of nitrogens with one attached hydrogen (secondary N) is 1. The van der Waals surface area contributed by atoms with E-state index in [0.717, 1.165) is 53.4 Å². The highest BCUT2D eigenvalue weighted by Gasteiger charge is 2.20. The molecule has 2 rings (SSSR count). The van der Waals surface area contributed by atoms with E-state index in [-0.39, 0.29) is 0 Å². The number of rotatable bonds is 3. The van der Waals surface area contributed by atoms with Gasteiger partial charge in [-0.3, -0.25) is 4.90 Å². The van der Waals surface area contributed by atoms with Crippen LogP contribution in [0.15, 0.2) is 18.2 Å². The molecule has 0 aromatic heterocycles. The lowest BCUT2D eigenvalue weighted by Gasteiger charge is -2.36. The minimum atomic E-state index is 0.373. The molecule has 0 atom stereocenters. The Bertz CT molecular complexity index is 479. The van der Waals surface area contributed by atoms with E-state index in [0.29, 0.717) is 6.04 Å². The molecule has 1 aliphatic rings. The number of hydrogen-bond acceptors (Lipinski definition) is 2. The first-order valence-electron chi connectivity index (χ1n) is 7.18. The predicted octanol–water partition coefficient (Wildman–Crippen LogP) is 3.39. The van der Waals surface area contributed by atoms with E-state index in [9.17, 15) is 0 Å². The van der Waals surface area contributed by atoms with Gasteiger partial charge < -0.3 is 10.2 Å². The Morgan fingerprint density at radius 3 is 2.29 bits per heavy atom. The Labute approximate surface area is 142 Å². The molecule has 0 amide bonds. The Morgan fingerprint density at radius 2 is 1.76 bits per heavy atom. The van der Waals surface area contributed by atoms with Gasteiger partial charge in [0.25, 0.3) is 0 Å². The zero-order valence-electron chi connectivity index (χ0n) is 12.4. The maximum atomic E-state index is 6.23. The van der Waals surface area contributed by atoms with E-state index >= 15 is 0 Å². The van der Waals surface area contributed by atoms with Gasteiger partial charge in [-0.1, -0.05) is 29.3 Å². The molecule has 1 aromatic rings. The Kier molecular flexibility index (Phi) is 6.11. The molecule has 116 valence electrons. The Hall–Kier alpha value is -0.550. The van der Waals surface area contributed by atoms with Gasteiger partial charge in [-0.2, -0.15) is 0 Å². The van der Waals surface area contributed by atoms with Crippen molar-refractivity contribution in [2.24, 2.45) is 0 Å². The number of benzene rings is 1. The van der Waals surface area contributed by atoms with E-state index in [1.807, 2.05) is 18.2 Å². The second-order valence-corrected chi connectivity index (χ2v) is 6.77. The van der Waals surface area contributed by atoms with Crippen LogP contribution < -0.4 is 5.32 Å². The molecule has 21 heavy (non-hydrogen) atoms. The first-order chi connectivity index (χ1) is 9.97. The van der Waals surface area contributed by atoms with E-state index in [1.54, 1.807) is 0 Å². The average Bonchev–Trinajstić information content (AvgIpc) is 2.43. The average molecular weight is 346 g/mol. The molecule has 0 unspecified atom stereocenters. The van der Waals surface area contributed by atoms with Crippen molar-refractivity contribution in [1.82, 2.24) is 15.1 Å². The molecule has 0 radical (unpaired) electrons. The van der Waals surface area contributed by atoms with Crippen LogP contribution in [0.2, 0.25) is 10.0 Å². The van der Waals surface area contributed by atoms with Crippen molar-refractivity contribution in [2.75, 3.05) is 26.2 Å². The summed E-state index contributed by atoms with van der Waals surface area (Å²) >= 11 is 17.9. The third-order valence-electron chi connectivity index (χ3n) is 3.52. The molecule has 1 heterocycles. The van der Waals surface area contributed by atoms with E-state index in [2.05, 4.69) is 29.0 Å². The molecule has 1 aromatic carbocycles. The molecular weight excluding hydrogens is 325 g/mol. The Balaban J connectivity index is 1.88. The van der Waals surface area contributed by atoms with Crippen molar-refractivity contribution in [3.8, 4) is 0 Å². The maximum absolute atomic E-state index is 6.23. The molecule has 1 fully saturated rings. The minimum absolute atomic E-state index is 0.373. The van der Waals surface area contributed by atoms with Gasteiger partial charge in [0.05, 0.1) is 0 Å². The van der Waals surface area contributed by atoms with Gasteiger partial charge in [0.1, 0.15) is 0 Å². The van der Waals surface area contributed by atoms with E-state index < -0.39 is 0 Å². The largest absolute Gasteiger partial charge is 0.360 e. The van der Waals surface area contributed by atoms with Gasteiger partial charge in [0.2, 0.25) is 0 Å². The monoisotopic (exact) mass is 345 g/mol. The molecule has 1 saturated heterocycles. The molecule has 3 nitrogen and oxygen atoms in total. The summed E-state index contributed by atoms with van der Waals surface area (Å²) in [5.74, 6) is 0. The summed E-state index contributed by atoms with van der Waals surface area (Å²) in [6, 6.07) is 6.03. The predicted molar refractivity (Wildman–Crippen MR) is 94.2 cm³/mol. The first kappa shape index (κ1) is 16.8. The van der Waals surface area contributed by atoms with Crippen LogP contribution in [0.5, 0.6) is 0 Å². The molecule has 1 aliphatic heterocycles. The standard InChI is InChI=1S/C15H21Cl2N3S/c1-11(2)18-15(21)20-8-6-19(7-9-20)10-12-13(16)4-3-5-14(12)17/h3-5,11H,6-10H2,1-2H3,(H,18,21). The van der Waals surface area contributed by atoms with Crippen molar-refractivity contribution >= 4 is 40.5 Å². The van der Waals surface area contributed by atoms with Crippen molar-refractivity contribution < 1.29 is 0 Å². The van der Waals surface area contributed by atoms with Crippen molar-refractivity contribution in [3.63, 3.8) is 0 Å². The first-order valence-corrected chi connectivity index (χ1v) is 8.34. The molecular formula is C15H21Cl2N3S. The van der Waals surface area contributed by atoms with Gasteiger partial charge in [-0.15, -0.1) is 0 Å². The van der Waals surface area contributed by atoms with Gasteiger partial charge >= 0.3 is 0 Å². The Morgan fingerprint density at radius 1 is 1.19 bits per heavy atom. The molecule has 0 aliphatic carbocycles. The van der Waals surface area contributed by atoms with Crippen LogP contribution >= 0.6 is 35.4 Å². The van der Waals surface area contributed by atoms with Crippen LogP contribution in [-0.4, -0.2) is 47.1 Å². The van der Waals surface area contributed by atoms with Gasteiger partial charge in [-0.25, -0.2) is 0 Å². The fourth-order valence-electron chi connectivity index (χ4n) is 2.35. The lowest BCUT2D eigenvalue weighted by atomic mass is 10.2. The van der Waals surface area contributed by atoms with Crippen LogP contribution in [-0.2, 0) is 6.54 Å². The van der Waals surface area contributed by atoms with Crippen LogP contribution in [0.4, 0.5) is 0 Å². The lowest BCUT2D eigenvalue weighted by molar-refractivity contribution is 0.174. The second-order valence-electron chi connectivity index (χ2n) is 5.57. The van der Waals surface area contributed by atoms with Crippen molar-refractivity contribution in [1.29, 1.82) is 0 Å².